The van der Waals surface area contributed by atoms with E-state index in [2.05, 4.69) is 10.1 Å². The molecule has 0 aromatic heterocycles. The van der Waals surface area contributed by atoms with E-state index in [-0.39, 0.29) is 18.2 Å². The number of nitrogens with one attached hydrogen (secondary N) is 1. The molecule has 1 N–H and O–H groups in total. The first-order valence-electron chi connectivity index (χ1n) is 4.60. The number of hydrogen-bond donors (Lipinski definition) is 1. The normalized spacial score (nSPS) is 11.1. The summed E-state index contributed by atoms with van der Waals surface area (Å²) >= 11 is 5.29. The third-order valence-electron chi connectivity index (χ3n) is 1.77. The van der Waals surface area contributed by atoms with E-state index in [0.717, 1.165) is 24.3 Å². The zero-order chi connectivity index (χ0) is 12.9. The molecule has 1 aromatic carbocycles. The van der Waals surface area contributed by atoms with Gasteiger partial charge in [-0.1, -0.05) is 0 Å². The van der Waals surface area contributed by atoms with Crippen LogP contribution < -0.4 is 5.32 Å². The van der Waals surface area contributed by atoms with Gasteiger partial charge in [0.2, 0.25) is 0 Å². The molecule has 0 aliphatic rings. The molecule has 0 aliphatic heterocycles. The summed E-state index contributed by atoms with van der Waals surface area (Å²) in [6, 6.07) is 4.03. The minimum atomic E-state index is -4.39. The predicted molar refractivity (Wildman–Crippen MR) is 57.1 cm³/mol. The Morgan fingerprint density at radius 1 is 1.29 bits per heavy atom. The molecular formula is C10H9ClF3NO2. The highest BCUT2D eigenvalue weighted by Crippen LogP contribution is 2.29. The fourth-order valence-corrected chi connectivity index (χ4v) is 1.10. The van der Waals surface area contributed by atoms with Crippen molar-refractivity contribution in [3.05, 3.63) is 29.8 Å². The SMILES string of the molecule is O=C(Nc1ccc(C(F)(F)F)cc1)OCCCl. The Bertz CT molecular complexity index is 378. The van der Waals surface area contributed by atoms with E-state index in [1.807, 2.05) is 0 Å². The Hall–Kier alpha value is -1.43. The first kappa shape index (κ1) is 13.6. The topological polar surface area (TPSA) is 38.3 Å². The molecule has 1 aromatic rings. The van der Waals surface area contributed by atoms with Crippen molar-refractivity contribution in [3.63, 3.8) is 0 Å². The first-order valence-corrected chi connectivity index (χ1v) is 5.14. The largest absolute Gasteiger partial charge is 0.448 e. The van der Waals surface area contributed by atoms with Gasteiger partial charge >= 0.3 is 12.3 Å². The summed E-state index contributed by atoms with van der Waals surface area (Å²) in [6.07, 6.45) is -5.15. The molecule has 0 saturated heterocycles. The lowest BCUT2D eigenvalue weighted by Crippen LogP contribution is -2.15. The maximum absolute atomic E-state index is 12.2. The van der Waals surface area contributed by atoms with Crippen LogP contribution in [0, 0.1) is 0 Å². The van der Waals surface area contributed by atoms with Crippen LogP contribution in [0.15, 0.2) is 24.3 Å². The van der Waals surface area contributed by atoms with Crippen molar-refractivity contribution in [2.45, 2.75) is 6.18 Å². The van der Waals surface area contributed by atoms with E-state index in [1.54, 1.807) is 0 Å². The summed E-state index contributed by atoms with van der Waals surface area (Å²) in [5.74, 6) is 0.153. The molecule has 0 radical (unpaired) electrons. The van der Waals surface area contributed by atoms with Gasteiger partial charge in [-0.25, -0.2) is 4.79 Å². The third kappa shape index (κ3) is 4.52. The molecule has 0 bridgehead atoms. The van der Waals surface area contributed by atoms with E-state index in [9.17, 15) is 18.0 Å². The Balaban J connectivity index is 2.60. The summed E-state index contributed by atoms with van der Waals surface area (Å²) in [4.78, 5) is 11.0. The van der Waals surface area contributed by atoms with Gasteiger partial charge in [-0.15, -0.1) is 11.6 Å². The highest BCUT2D eigenvalue weighted by atomic mass is 35.5. The standard InChI is InChI=1S/C10H9ClF3NO2/c11-5-6-17-9(16)15-8-3-1-7(2-4-8)10(12,13)14/h1-4H,5-6H2,(H,15,16). The average molecular weight is 268 g/mol. The Morgan fingerprint density at radius 2 is 1.88 bits per heavy atom. The van der Waals surface area contributed by atoms with Crippen LogP contribution in [0.2, 0.25) is 0 Å². The summed E-state index contributed by atoms with van der Waals surface area (Å²) in [5, 5.41) is 2.27. The van der Waals surface area contributed by atoms with E-state index in [0.29, 0.717) is 0 Å². The maximum Gasteiger partial charge on any atom is 0.416 e. The zero-order valence-electron chi connectivity index (χ0n) is 8.55. The van der Waals surface area contributed by atoms with E-state index in [4.69, 9.17) is 11.6 Å². The smallest absolute Gasteiger partial charge is 0.416 e. The Labute approximate surface area is 101 Å². The van der Waals surface area contributed by atoms with Gasteiger partial charge in [-0.05, 0) is 24.3 Å². The molecule has 7 heteroatoms. The molecule has 0 unspecified atom stereocenters. The lowest BCUT2D eigenvalue weighted by Gasteiger charge is -2.08. The number of anilines is 1. The summed E-state index contributed by atoms with van der Waals surface area (Å²) in [6.45, 7) is 0.0357. The Morgan fingerprint density at radius 3 is 2.35 bits per heavy atom. The first-order chi connectivity index (χ1) is 7.93. The molecule has 0 heterocycles. The lowest BCUT2D eigenvalue weighted by molar-refractivity contribution is -0.137. The highest BCUT2D eigenvalue weighted by Gasteiger charge is 2.29. The number of benzene rings is 1. The van der Waals surface area contributed by atoms with Crippen molar-refractivity contribution in [2.75, 3.05) is 17.8 Å². The summed E-state index contributed by atoms with van der Waals surface area (Å²) in [5.41, 5.74) is -0.560. The second-order valence-electron chi connectivity index (χ2n) is 3.03. The van der Waals surface area contributed by atoms with Crippen LogP contribution in [0.3, 0.4) is 0 Å². The van der Waals surface area contributed by atoms with E-state index < -0.39 is 17.8 Å². The molecule has 0 fully saturated rings. The van der Waals surface area contributed by atoms with Crippen molar-refractivity contribution in [1.82, 2.24) is 0 Å². The molecule has 94 valence electrons. The molecule has 1 amide bonds. The zero-order valence-corrected chi connectivity index (χ0v) is 9.31. The van der Waals surface area contributed by atoms with Crippen molar-refractivity contribution in [2.24, 2.45) is 0 Å². The van der Waals surface area contributed by atoms with Gasteiger partial charge in [0.1, 0.15) is 6.61 Å². The molecule has 1 rings (SSSR count). The van der Waals surface area contributed by atoms with Crippen LogP contribution in [-0.4, -0.2) is 18.6 Å². The third-order valence-corrected chi connectivity index (χ3v) is 1.92. The van der Waals surface area contributed by atoms with Gasteiger partial charge < -0.3 is 4.74 Å². The van der Waals surface area contributed by atoms with Gasteiger partial charge in [0.05, 0.1) is 11.4 Å². The summed E-state index contributed by atoms with van der Waals surface area (Å²) in [7, 11) is 0. The number of hydrogen-bond acceptors (Lipinski definition) is 2. The molecule has 0 aliphatic carbocycles. The number of amides is 1. The minimum absolute atomic E-state index is 0.0357. The molecule has 0 saturated carbocycles. The van der Waals surface area contributed by atoms with Crippen LogP contribution in [-0.2, 0) is 10.9 Å². The molecule has 0 atom stereocenters. The fraction of sp³-hybridized carbons (Fsp3) is 0.300. The Kier molecular flexibility index (Phi) is 4.62. The second kappa shape index (κ2) is 5.77. The van der Waals surface area contributed by atoms with Gasteiger partial charge in [0.15, 0.2) is 0 Å². The van der Waals surface area contributed by atoms with Crippen molar-refractivity contribution in [3.8, 4) is 0 Å². The monoisotopic (exact) mass is 267 g/mol. The van der Waals surface area contributed by atoms with Crippen LogP contribution in [0.25, 0.3) is 0 Å². The van der Waals surface area contributed by atoms with Gasteiger partial charge in [0, 0.05) is 5.69 Å². The lowest BCUT2D eigenvalue weighted by atomic mass is 10.2. The van der Waals surface area contributed by atoms with Crippen LogP contribution >= 0.6 is 11.6 Å². The van der Waals surface area contributed by atoms with Gasteiger partial charge in [-0.2, -0.15) is 13.2 Å². The highest BCUT2D eigenvalue weighted by molar-refractivity contribution is 6.18. The number of alkyl halides is 4. The van der Waals surface area contributed by atoms with E-state index >= 15 is 0 Å². The maximum atomic E-state index is 12.2. The molecular weight excluding hydrogens is 259 g/mol. The average Bonchev–Trinajstić information content (AvgIpc) is 2.26. The van der Waals surface area contributed by atoms with Crippen molar-refractivity contribution in [1.29, 1.82) is 0 Å². The van der Waals surface area contributed by atoms with Crippen LogP contribution in [0.4, 0.5) is 23.7 Å². The second-order valence-corrected chi connectivity index (χ2v) is 3.40. The van der Waals surface area contributed by atoms with Crippen molar-refractivity contribution >= 4 is 23.4 Å². The fourth-order valence-electron chi connectivity index (χ4n) is 1.03. The molecule has 3 nitrogen and oxygen atoms in total. The quantitative estimate of drug-likeness (QED) is 0.852. The van der Waals surface area contributed by atoms with Crippen LogP contribution in [0.5, 0.6) is 0 Å². The number of carbonyl (C=O) groups excluding carboxylic acids is 1. The number of ether oxygens (including phenoxy) is 1. The number of rotatable bonds is 3. The summed E-state index contributed by atoms with van der Waals surface area (Å²) < 4.78 is 41.3. The minimum Gasteiger partial charge on any atom is -0.448 e. The molecule has 17 heavy (non-hydrogen) atoms. The number of halogens is 4. The van der Waals surface area contributed by atoms with Gasteiger partial charge in [0.25, 0.3) is 0 Å². The number of carbonyl (C=O) groups is 1. The van der Waals surface area contributed by atoms with E-state index in [1.165, 1.54) is 0 Å². The van der Waals surface area contributed by atoms with Crippen LogP contribution in [0.1, 0.15) is 5.56 Å². The molecule has 0 spiro atoms. The predicted octanol–water partition coefficient (Wildman–Crippen LogP) is 3.49. The van der Waals surface area contributed by atoms with Gasteiger partial charge in [-0.3, -0.25) is 5.32 Å². The van der Waals surface area contributed by atoms with Crippen molar-refractivity contribution < 1.29 is 22.7 Å².